The first-order valence-corrected chi connectivity index (χ1v) is 11.4. The number of aliphatic carboxylic acids is 1. The predicted octanol–water partition coefficient (Wildman–Crippen LogP) is 5.97. The highest BCUT2D eigenvalue weighted by atomic mass is 35.5. The van der Waals surface area contributed by atoms with E-state index in [2.05, 4.69) is 0 Å². The number of nitrogens with zero attached hydrogens (tertiary/aromatic N) is 2. The normalized spacial score (nSPS) is 13.2. The lowest BCUT2D eigenvalue weighted by Gasteiger charge is -2.37. The van der Waals surface area contributed by atoms with Crippen LogP contribution in [0.4, 0.5) is 4.79 Å². The average Bonchev–Trinajstić information content (AvgIpc) is 2.83. The molecule has 0 fully saturated rings. The predicted molar refractivity (Wildman–Crippen MR) is 128 cm³/mol. The summed E-state index contributed by atoms with van der Waals surface area (Å²) in [7, 11) is 0. The lowest BCUT2D eigenvalue weighted by molar-refractivity contribution is -0.216. The minimum absolute atomic E-state index is 0.0348. The average molecular weight is 501 g/mol. The highest BCUT2D eigenvalue weighted by Crippen LogP contribution is 2.32. The van der Waals surface area contributed by atoms with E-state index in [0.717, 1.165) is 16.7 Å². The van der Waals surface area contributed by atoms with Crippen LogP contribution in [0, 0.1) is 0 Å². The van der Waals surface area contributed by atoms with E-state index in [-0.39, 0.29) is 19.6 Å². The molecule has 1 aliphatic heterocycles. The molecule has 7 nitrogen and oxygen atoms in total. The first-order chi connectivity index (χ1) is 16.3. The van der Waals surface area contributed by atoms with Crippen molar-refractivity contribution < 1.29 is 24.3 Å². The summed E-state index contributed by atoms with van der Waals surface area (Å²) >= 11 is 12.0. The number of ether oxygens (including phenoxy) is 1. The molecule has 4 rings (SSSR count). The third kappa shape index (κ3) is 5.44. The van der Waals surface area contributed by atoms with Gasteiger partial charge in [-0.2, -0.15) is 0 Å². The van der Waals surface area contributed by atoms with Gasteiger partial charge in [0.1, 0.15) is 6.61 Å². The Morgan fingerprint density at radius 3 is 2.53 bits per heavy atom. The number of hydrogen-bond acceptors (Lipinski definition) is 5. The van der Waals surface area contributed by atoms with Crippen LogP contribution in [-0.2, 0) is 29.1 Å². The van der Waals surface area contributed by atoms with Gasteiger partial charge in [0.2, 0.25) is 0 Å². The fraction of sp³-hybridized carbons (Fsp3) is 0.200. The Labute approximate surface area is 206 Å². The van der Waals surface area contributed by atoms with Crippen molar-refractivity contribution in [1.82, 2.24) is 10.2 Å². The van der Waals surface area contributed by atoms with Crippen LogP contribution in [0.2, 0.25) is 10.0 Å². The van der Waals surface area contributed by atoms with Crippen molar-refractivity contribution in [2.45, 2.75) is 26.5 Å². The van der Waals surface area contributed by atoms with Crippen molar-refractivity contribution >= 4 is 35.3 Å². The Morgan fingerprint density at radius 2 is 1.79 bits per heavy atom. The Kier molecular flexibility index (Phi) is 7.26. The number of carbonyl (C=O) groups is 2. The number of carboxylic acids is 1. The summed E-state index contributed by atoms with van der Waals surface area (Å²) in [6.45, 7) is 2.59. The minimum atomic E-state index is -0.884. The molecule has 1 amide bonds. The maximum Gasteiger partial charge on any atom is 0.427 e. The van der Waals surface area contributed by atoms with Crippen LogP contribution < -0.4 is 4.84 Å². The van der Waals surface area contributed by atoms with E-state index in [1.54, 1.807) is 24.3 Å². The summed E-state index contributed by atoms with van der Waals surface area (Å²) in [4.78, 5) is 29.8. The fourth-order valence-electron chi connectivity index (χ4n) is 3.65. The van der Waals surface area contributed by atoms with Crippen LogP contribution in [0.1, 0.15) is 23.6 Å². The maximum atomic E-state index is 12.9. The largest absolute Gasteiger partial charge is 0.481 e. The molecule has 0 unspecified atom stereocenters. The molecule has 176 valence electrons. The molecule has 0 atom stereocenters. The Balaban J connectivity index is 1.52. The first-order valence-electron chi connectivity index (χ1n) is 10.6. The molecule has 0 saturated heterocycles. The second-order valence-electron chi connectivity index (χ2n) is 7.71. The van der Waals surface area contributed by atoms with Crippen molar-refractivity contribution in [1.29, 1.82) is 0 Å². The van der Waals surface area contributed by atoms with Gasteiger partial charge in [-0.1, -0.05) is 59.6 Å². The number of hydroxylamine groups is 1. The summed E-state index contributed by atoms with van der Waals surface area (Å²) < 4.78 is 5.49. The number of carbonyl (C=O) groups excluding carboxylic acids is 1. The highest BCUT2D eigenvalue weighted by molar-refractivity contribution is 6.42. The summed E-state index contributed by atoms with van der Waals surface area (Å²) in [6, 6.07) is 18.1. The van der Waals surface area contributed by atoms with E-state index in [0.29, 0.717) is 33.5 Å². The molecule has 1 N–H and O–H groups in total. The highest BCUT2D eigenvalue weighted by Gasteiger charge is 2.30. The topological polar surface area (TPSA) is 79.3 Å². The molecule has 1 aliphatic rings. The second kappa shape index (κ2) is 10.3. The lowest BCUT2D eigenvalue weighted by Crippen LogP contribution is -2.50. The summed E-state index contributed by atoms with van der Waals surface area (Å²) in [6.07, 6.45) is -0.612. The van der Waals surface area contributed by atoms with Crippen LogP contribution in [0.5, 0.6) is 5.75 Å². The van der Waals surface area contributed by atoms with Gasteiger partial charge in [-0.25, -0.2) is 9.80 Å². The molecule has 0 aromatic heterocycles. The number of amides is 1. The van der Waals surface area contributed by atoms with Crippen LogP contribution in [-0.4, -0.2) is 33.9 Å². The van der Waals surface area contributed by atoms with E-state index >= 15 is 0 Å². The smallest absolute Gasteiger partial charge is 0.427 e. The third-order valence-electron chi connectivity index (χ3n) is 5.30. The van der Waals surface area contributed by atoms with E-state index in [4.69, 9.17) is 37.9 Å². The molecular formula is C25H22Cl2N2O5. The molecular weight excluding hydrogens is 479 g/mol. The van der Waals surface area contributed by atoms with Crippen molar-refractivity contribution in [3.63, 3.8) is 0 Å². The number of hydrogen-bond donors (Lipinski definition) is 1. The van der Waals surface area contributed by atoms with Crippen molar-refractivity contribution in [3.05, 3.63) is 87.4 Å². The molecule has 0 radical (unpaired) electrons. The molecule has 0 aliphatic carbocycles. The van der Waals surface area contributed by atoms with Gasteiger partial charge in [0, 0.05) is 5.56 Å². The van der Waals surface area contributed by atoms with Gasteiger partial charge < -0.3 is 14.7 Å². The second-order valence-corrected chi connectivity index (χ2v) is 8.53. The summed E-state index contributed by atoms with van der Waals surface area (Å²) in [5.41, 5.74) is 4.01. The van der Waals surface area contributed by atoms with Gasteiger partial charge in [0.05, 0.1) is 29.6 Å². The molecule has 3 aromatic carbocycles. The third-order valence-corrected chi connectivity index (χ3v) is 6.04. The molecule has 3 aromatic rings. The van der Waals surface area contributed by atoms with Crippen LogP contribution in [0.15, 0.2) is 60.7 Å². The quantitative estimate of drug-likeness (QED) is 0.449. The number of benzene rings is 3. The maximum absolute atomic E-state index is 12.9. The molecule has 9 heteroatoms. The Hall–Kier alpha value is -3.26. The van der Waals surface area contributed by atoms with Gasteiger partial charge >= 0.3 is 12.1 Å². The summed E-state index contributed by atoms with van der Waals surface area (Å²) in [5, 5.41) is 12.7. The van der Waals surface area contributed by atoms with Crippen molar-refractivity contribution in [2.24, 2.45) is 0 Å². The molecule has 0 spiro atoms. The van der Waals surface area contributed by atoms with E-state index in [1.807, 2.05) is 43.3 Å². The monoisotopic (exact) mass is 500 g/mol. The number of halogens is 2. The van der Waals surface area contributed by atoms with Gasteiger partial charge in [-0.3, -0.25) is 4.79 Å². The number of carboxylic acid groups (broad SMARTS) is 1. The van der Waals surface area contributed by atoms with Crippen LogP contribution in [0.3, 0.4) is 0 Å². The molecule has 0 saturated carbocycles. The number of rotatable bonds is 6. The molecule has 34 heavy (non-hydrogen) atoms. The summed E-state index contributed by atoms with van der Waals surface area (Å²) in [5.74, 6) is -0.244. The number of fused-ring (bicyclic) bond motifs is 1. The van der Waals surface area contributed by atoms with Gasteiger partial charge in [-0.15, -0.1) is 0 Å². The first kappa shape index (κ1) is 23.9. The number of hydrazine groups is 1. The van der Waals surface area contributed by atoms with E-state index in [1.165, 1.54) is 10.2 Å². The van der Waals surface area contributed by atoms with Gasteiger partial charge in [0.15, 0.2) is 5.75 Å². The zero-order valence-electron chi connectivity index (χ0n) is 18.3. The lowest BCUT2D eigenvalue weighted by atomic mass is 9.99. The van der Waals surface area contributed by atoms with Gasteiger partial charge in [0.25, 0.3) is 0 Å². The van der Waals surface area contributed by atoms with Crippen LogP contribution in [0.25, 0.3) is 11.1 Å². The SMILES string of the molecule is CCN1Oc2ccc(-c3cccc(CC(=O)O)c3)cc2CN1C(=O)OCc1ccc(Cl)c(Cl)c1. The zero-order chi connectivity index (χ0) is 24.2. The zero-order valence-corrected chi connectivity index (χ0v) is 19.8. The Bertz CT molecular complexity index is 1230. The standard InChI is InChI=1S/C25H22Cl2N2O5/c1-2-29-28(25(32)33-15-17-6-8-21(26)22(27)11-17)14-20-13-19(7-9-23(20)34-29)18-5-3-4-16(10-18)12-24(30)31/h3-11,13H,2,12,14-15H2,1H3,(H,30,31). The minimum Gasteiger partial charge on any atom is -0.481 e. The van der Waals surface area contributed by atoms with Crippen LogP contribution >= 0.6 is 23.2 Å². The molecule has 0 bridgehead atoms. The van der Waals surface area contributed by atoms with Crippen molar-refractivity contribution in [3.8, 4) is 16.9 Å². The van der Waals surface area contributed by atoms with E-state index < -0.39 is 12.1 Å². The van der Waals surface area contributed by atoms with Crippen molar-refractivity contribution in [2.75, 3.05) is 6.54 Å². The fourth-order valence-corrected chi connectivity index (χ4v) is 3.97. The Morgan fingerprint density at radius 1 is 1.00 bits per heavy atom. The van der Waals surface area contributed by atoms with Gasteiger partial charge in [-0.05, 0) is 58.6 Å². The van der Waals surface area contributed by atoms with E-state index in [9.17, 15) is 9.59 Å². The molecule has 1 heterocycles.